The third-order valence-electron chi connectivity index (χ3n) is 4.86. The zero-order valence-electron chi connectivity index (χ0n) is 14.8. The van der Waals surface area contributed by atoms with Gasteiger partial charge in [0, 0.05) is 6.54 Å². The first-order chi connectivity index (χ1) is 11.9. The fraction of sp³-hybridized carbons (Fsp3) is 0.421. The van der Waals surface area contributed by atoms with Crippen LogP contribution in [0.3, 0.4) is 0 Å². The first-order valence-corrected chi connectivity index (χ1v) is 10.2. The van der Waals surface area contributed by atoms with E-state index in [0.29, 0.717) is 6.54 Å². The van der Waals surface area contributed by atoms with Gasteiger partial charge in [0.05, 0.1) is 23.2 Å². The lowest BCUT2D eigenvalue weighted by Crippen LogP contribution is -2.42. The second-order valence-electron chi connectivity index (χ2n) is 6.66. The highest BCUT2D eigenvalue weighted by atomic mass is 32.2. The number of nitrogens with one attached hydrogen (secondary N) is 1. The Kier molecular flexibility index (Phi) is 5.11. The first kappa shape index (κ1) is 17.9. The van der Waals surface area contributed by atoms with Crippen molar-refractivity contribution in [3.63, 3.8) is 0 Å². The normalized spacial score (nSPS) is 20.3. The standard InChI is InChI=1S/C19H25N3O2S/c1-4-15(3)25(23,24)22-12-6-5-7-18(22)19-20-13-17(21-19)16-10-8-14(2)9-11-16/h4,8-11,13,15,18H,1,5-7,12H2,2-3H3,(H,20,21). The van der Waals surface area contributed by atoms with E-state index in [4.69, 9.17) is 0 Å². The molecular weight excluding hydrogens is 334 g/mol. The average Bonchev–Trinajstić information content (AvgIpc) is 3.11. The van der Waals surface area contributed by atoms with Crippen LogP contribution >= 0.6 is 0 Å². The van der Waals surface area contributed by atoms with E-state index >= 15 is 0 Å². The van der Waals surface area contributed by atoms with Gasteiger partial charge in [0.15, 0.2) is 0 Å². The molecule has 6 heteroatoms. The van der Waals surface area contributed by atoms with Crippen LogP contribution < -0.4 is 0 Å². The van der Waals surface area contributed by atoms with Crippen molar-refractivity contribution in [3.8, 4) is 11.3 Å². The number of benzene rings is 1. The number of hydrogen-bond acceptors (Lipinski definition) is 3. The zero-order valence-corrected chi connectivity index (χ0v) is 15.6. The lowest BCUT2D eigenvalue weighted by atomic mass is 10.0. The summed E-state index contributed by atoms with van der Waals surface area (Å²) in [4.78, 5) is 7.83. The molecule has 134 valence electrons. The monoisotopic (exact) mass is 359 g/mol. The minimum atomic E-state index is -3.42. The molecule has 0 radical (unpaired) electrons. The molecule has 3 rings (SSSR count). The maximum absolute atomic E-state index is 12.8. The molecule has 2 atom stereocenters. The molecule has 1 saturated heterocycles. The van der Waals surface area contributed by atoms with Crippen molar-refractivity contribution in [2.24, 2.45) is 0 Å². The van der Waals surface area contributed by atoms with Gasteiger partial charge in [0.2, 0.25) is 10.0 Å². The van der Waals surface area contributed by atoms with Crippen molar-refractivity contribution >= 4 is 10.0 Å². The number of sulfonamides is 1. The Morgan fingerprint density at radius 2 is 2.04 bits per heavy atom. The van der Waals surface area contributed by atoms with Crippen molar-refractivity contribution in [1.29, 1.82) is 0 Å². The van der Waals surface area contributed by atoms with Gasteiger partial charge < -0.3 is 4.98 Å². The van der Waals surface area contributed by atoms with E-state index < -0.39 is 15.3 Å². The molecule has 2 unspecified atom stereocenters. The summed E-state index contributed by atoms with van der Waals surface area (Å²) in [6.07, 6.45) is 5.94. The van der Waals surface area contributed by atoms with Crippen molar-refractivity contribution in [1.82, 2.24) is 14.3 Å². The van der Waals surface area contributed by atoms with Crippen LogP contribution in [0.5, 0.6) is 0 Å². The fourth-order valence-corrected chi connectivity index (χ4v) is 4.82. The van der Waals surface area contributed by atoms with E-state index in [-0.39, 0.29) is 6.04 Å². The molecule has 5 nitrogen and oxygen atoms in total. The fourth-order valence-electron chi connectivity index (χ4n) is 3.20. The molecule has 0 saturated carbocycles. The maximum Gasteiger partial charge on any atom is 0.220 e. The van der Waals surface area contributed by atoms with Crippen LogP contribution in [0.2, 0.25) is 0 Å². The predicted octanol–water partition coefficient (Wildman–Crippen LogP) is 3.82. The zero-order chi connectivity index (χ0) is 18.0. The summed E-state index contributed by atoms with van der Waals surface area (Å²) < 4.78 is 27.3. The number of aromatic amines is 1. The molecule has 25 heavy (non-hydrogen) atoms. The van der Waals surface area contributed by atoms with Crippen molar-refractivity contribution in [2.75, 3.05) is 6.54 Å². The van der Waals surface area contributed by atoms with Gasteiger partial charge in [-0.3, -0.25) is 0 Å². The van der Waals surface area contributed by atoms with Gasteiger partial charge in [-0.05, 0) is 32.3 Å². The Hall–Kier alpha value is -1.92. The number of H-pyrrole nitrogens is 1. The third-order valence-corrected chi connectivity index (χ3v) is 7.08. The number of imidazole rings is 1. The smallest absolute Gasteiger partial charge is 0.220 e. The molecule has 0 bridgehead atoms. The topological polar surface area (TPSA) is 66.1 Å². The van der Waals surface area contributed by atoms with E-state index in [1.54, 1.807) is 17.4 Å². The van der Waals surface area contributed by atoms with E-state index in [0.717, 1.165) is 36.3 Å². The quantitative estimate of drug-likeness (QED) is 0.826. The maximum atomic E-state index is 12.8. The van der Waals surface area contributed by atoms with Crippen LogP contribution in [0, 0.1) is 6.92 Å². The molecule has 1 aliphatic rings. The Balaban J connectivity index is 1.91. The van der Waals surface area contributed by atoms with E-state index in [1.807, 2.05) is 19.1 Å². The predicted molar refractivity (Wildman–Crippen MR) is 101 cm³/mol. The summed E-state index contributed by atoms with van der Waals surface area (Å²) in [5, 5.41) is -0.598. The van der Waals surface area contributed by atoms with Gasteiger partial charge in [0.25, 0.3) is 0 Å². The van der Waals surface area contributed by atoms with E-state index in [1.165, 1.54) is 11.6 Å². The number of aromatic nitrogens is 2. The minimum Gasteiger partial charge on any atom is -0.341 e. The molecule has 1 N–H and O–H groups in total. The van der Waals surface area contributed by atoms with Crippen LogP contribution in [0.1, 0.15) is 43.6 Å². The lowest BCUT2D eigenvalue weighted by Gasteiger charge is -2.34. The number of aryl methyl sites for hydroxylation is 1. The minimum absolute atomic E-state index is 0.236. The summed E-state index contributed by atoms with van der Waals surface area (Å²) in [5.41, 5.74) is 3.16. The highest BCUT2D eigenvalue weighted by Gasteiger charge is 2.37. The highest BCUT2D eigenvalue weighted by molar-refractivity contribution is 7.89. The van der Waals surface area contributed by atoms with Gasteiger partial charge >= 0.3 is 0 Å². The highest BCUT2D eigenvalue weighted by Crippen LogP contribution is 2.34. The second kappa shape index (κ2) is 7.14. The molecular formula is C19H25N3O2S. The van der Waals surface area contributed by atoms with Crippen LogP contribution in [0.4, 0.5) is 0 Å². The molecule has 1 aromatic heterocycles. The van der Waals surface area contributed by atoms with Gasteiger partial charge in [0.1, 0.15) is 5.82 Å². The Labute approximate surface area is 149 Å². The number of nitrogens with zero attached hydrogens (tertiary/aromatic N) is 2. The SMILES string of the molecule is C=CC(C)S(=O)(=O)N1CCCCC1c1ncc(-c2ccc(C)cc2)[nH]1. The van der Waals surface area contributed by atoms with Crippen LogP contribution in [-0.4, -0.2) is 34.5 Å². The summed E-state index contributed by atoms with van der Waals surface area (Å²) >= 11 is 0. The Morgan fingerprint density at radius 3 is 2.72 bits per heavy atom. The molecule has 1 aromatic carbocycles. The van der Waals surface area contributed by atoms with Crippen molar-refractivity contribution in [2.45, 2.75) is 44.4 Å². The van der Waals surface area contributed by atoms with Crippen LogP contribution in [0.15, 0.2) is 43.1 Å². The van der Waals surface area contributed by atoms with Gasteiger partial charge in [-0.15, -0.1) is 6.58 Å². The third kappa shape index (κ3) is 3.55. The van der Waals surface area contributed by atoms with Gasteiger partial charge in [-0.25, -0.2) is 13.4 Å². The molecule has 0 amide bonds. The average molecular weight is 359 g/mol. The Bertz CT molecular complexity index is 840. The molecule has 1 aliphatic heterocycles. The van der Waals surface area contributed by atoms with Crippen molar-refractivity contribution in [3.05, 3.63) is 54.5 Å². The number of rotatable bonds is 5. The van der Waals surface area contributed by atoms with Crippen LogP contribution in [0.25, 0.3) is 11.3 Å². The molecule has 0 spiro atoms. The molecule has 1 fully saturated rings. The second-order valence-corrected chi connectivity index (χ2v) is 8.90. The van der Waals surface area contributed by atoms with Crippen LogP contribution in [-0.2, 0) is 10.0 Å². The van der Waals surface area contributed by atoms with Gasteiger partial charge in [-0.2, -0.15) is 4.31 Å². The number of hydrogen-bond donors (Lipinski definition) is 1. The van der Waals surface area contributed by atoms with Gasteiger partial charge in [-0.1, -0.05) is 42.3 Å². The summed E-state index contributed by atoms with van der Waals surface area (Å²) in [5.74, 6) is 0.718. The molecule has 2 aromatic rings. The summed E-state index contributed by atoms with van der Waals surface area (Å²) in [7, 11) is -3.42. The van der Waals surface area contributed by atoms with E-state index in [2.05, 4.69) is 28.7 Å². The summed E-state index contributed by atoms with van der Waals surface area (Å²) in [6, 6.07) is 7.96. The summed E-state index contributed by atoms with van der Waals surface area (Å²) in [6.45, 7) is 7.90. The lowest BCUT2D eigenvalue weighted by molar-refractivity contribution is 0.246. The molecule has 0 aliphatic carbocycles. The van der Waals surface area contributed by atoms with Crippen molar-refractivity contribution < 1.29 is 8.42 Å². The first-order valence-electron chi connectivity index (χ1n) is 8.68. The molecule has 2 heterocycles. The number of piperidine rings is 1. The largest absolute Gasteiger partial charge is 0.341 e. The van der Waals surface area contributed by atoms with E-state index in [9.17, 15) is 8.42 Å². The Morgan fingerprint density at radius 1 is 1.32 bits per heavy atom.